The van der Waals surface area contributed by atoms with Crippen LogP contribution in [0.25, 0.3) is 0 Å². The normalized spacial score (nSPS) is 21.5. The van der Waals surface area contributed by atoms with Crippen molar-refractivity contribution in [1.82, 2.24) is 0 Å². The number of carbonyl (C=O) groups is 2. The van der Waals surface area contributed by atoms with Crippen molar-refractivity contribution in [3.05, 3.63) is 29.8 Å². The molecule has 0 aromatic heterocycles. The lowest BCUT2D eigenvalue weighted by Gasteiger charge is -2.17. The Morgan fingerprint density at radius 3 is 2.40 bits per heavy atom. The van der Waals surface area contributed by atoms with Gasteiger partial charge in [0.1, 0.15) is 5.75 Å². The standard InChI is InChI=1S/C16H20O4/c1-3-20-16(18)14-6-4-5-13(14)15(17)11-7-9-12(19-2)10-8-11/h7-10,13-14H,3-6H2,1-2H3/t13-,14+/m1/s1. The van der Waals surface area contributed by atoms with E-state index in [0.717, 1.165) is 25.0 Å². The molecule has 2 rings (SSSR count). The summed E-state index contributed by atoms with van der Waals surface area (Å²) in [5.74, 6) is -0.0259. The number of rotatable bonds is 5. The van der Waals surface area contributed by atoms with Crippen LogP contribution in [0.3, 0.4) is 0 Å². The minimum atomic E-state index is -0.287. The molecule has 0 heterocycles. The van der Waals surface area contributed by atoms with Crippen LogP contribution < -0.4 is 4.74 Å². The molecule has 1 aromatic rings. The van der Waals surface area contributed by atoms with Crippen LogP contribution in [0.5, 0.6) is 5.75 Å². The van der Waals surface area contributed by atoms with E-state index in [9.17, 15) is 9.59 Å². The summed E-state index contributed by atoms with van der Waals surface area (Å²) in [7, 11) is 1.59. The van der Waals surface area contributed by atoms with Crippen LogP contribution in [0.2, 0.25) is 0 Å². The predicted molar refractivity (Wildman–Crippen MR) is 74.8 cm³/mol. The summed E-state index contributed by atoms with van der Waals surface area (Å²) in [6.07, 6.45) is 2.40. The molecular weight excluding hydrogens is 256 g/mol. The maximum atomic E-state index is 12.5. The summed E-state index contributed by atoms with van der Waals surface area (Å²) in [6, 6.07) is 7.03. The molecular formula is C16H20O4. The lowest BCUT2D eigenvalue weighted by atomic mass is 9.88. The zero-order chi connectivity index (χ0) is 14.5. The van der Waals surface area contributed by atoms with Crippen molar-refractivity contribution in [2.45, 2.75) is 26.2 Å². The van der Waals surface area contributed by atoms with Crippen LogP contribution in [0, 0.1) is 11.8 Å². The van der Waals surface area contributed by atoms with E-state index in [0.29, 0.717) is 12.2 Å². The first-order valence-corrected chi connectivity index (χ1v) is 7.02. The van der Waals surface area contributed by atoms with Gasteiger partial charge in [-0.25, -0.2) is 0 Å². The Kier molecular flexibility index (Phi) is 4.77. The van der Waals surface area contributed by atoms with E-state index in [1.165, 1.54) is 0 Å². The zero-order valence-corrected chi connectivity index (χ0v) is 11.9. The highest BCUT2D eigenvalue weighted by atomic mass is 16.5. The molecule has 0 bridgehead atoms. The number of methoxy groups -OCH3 is 1. The second-order valence-corrected chi connectivity index (χ2v) is 4.99. The van der Waals surface area contributed by atoms with Crippen LogP contribution in [-0.2, 0) is 9.53 Å². The minimum absolute atomic E-state index is 0.0307. The van der Waals surface area contributed by atoms with E-state index in [1.54, 1.807) is 38.3 Å². The first-order valence-electron chi connectivity index (χ1n) is 7.02. The summed E-state index contributed by atoms with van der Waals surface area (Å²) in [5, 5.41) is 0. The average Bonchev–Trinajstić information content (AvgIpc) is 2.96. The number of hydrogen-bond donors (Lipinski definition) is 0. The molecule has 108 valence electrons. The second-order valence-electron chi connectivity index (χ2n) is 4.99. The number of Topliss-reactive ketones (excluding diaryl/α,β-unsaturated/α-hetero) is 1. The smallest absolute Gasteiger partial charge is 0.309 e. The summed E-state index contributed by atoms with van der Waals surface area (Å²) < 4.78 is 10.1. The fourth-order valence-corrected chi connectivity index (χ4v) is 2.77. The van der Waals surface area contributed by atoms with E-state index >= 15 is 0 Å². The minimum Gasteiger partial charge on any atom is -0.497 e. The maximum absolute atomic E-state index is 12.5. The molecule has 0 radical (unpaired) electrons. The van der Waals surface area contributed by atoms with Gasteiger partial charge in [0.2, 0.25) is 0 Å². The highest BCUT2D eigenvalue weighted by molar-refractivity contribution is 6.00. The Morgan fingerprint density at radius 2 is 1.80 bits per heavy atom. The van der Waals surface area contributed by atoms with Gasteiger partial charge in [0.15, 0.2) is 5.78 Å². The molecule has 1 fully saturated rings. The molecule has 0 amide bonds. The van der Waals surface area contributed by atoms with Crippen molar-refractivity contribution in [2.24, 2.45) is 11.8 Å². The monoisotopic (exact) mass is 276 g/mol. The summed E-state index contributed by atoms with van der Waals surface area (Å²) in [6.45, 7) is 2.14. The summed E-state index contributed by atoms with van der Waals surface area (Å²) in [5.41, 5.74) is 0.631. The van der Waals surface area contributed by atoms with Crippen molar-refractivity contribution >= 4 is 11.8 Å². The predicted octanol–water partition coefficient (Wildman–Crippen LogP) is 2.86. The van der Waals surface area contributed by atoms with Gasteiger partial charge >= 0.3 is 5.97 Å². The van der Waals surface area contributed by atoms with Gasteiger partial charge in [0, 0.05) is 11.5 Å². The number of esters is 1. The Labute approximate surface area is 119 Å². The Morgan fingerprint density at radius 1 is 1.15 bits per heavy atom. The molecule has 0 N–H and O–H groups in total. The molecule has 0 unspecified atom stereocenters. The van der Waals surface area contributed by atoms with Gasteiger partial charge < -0.3 is 9.47 Å². The molecule has 1 aliphatic rings. The Bertz CT molecular complexity index is 478. The highest BCUT2D eigenvalue weighted by Gasteiger charge is 2.38. The summed E-state index contributed by atoms with van der Waals surface area (Å²) in [4.78, 5) is 24.4. The number of benzene rings is 1. The molecule has 0 aliphatic heterocycles. The first kappa shape index (κ1) is 14.6. The third-order valence-corrected chi connectivity index (χ3v) is 3.82. The molecule has 1 aromatic carbocycles. The molecule has 2 atom stereocenters. The van der Waals surface area contributed by atoms with Crippen LogP contribution in [0.4, 0.5) is 0 Å². The van der Waals surface area contributed by atoms with Crippen molar-refractivity contribution in [2.75, 3.05) is 13.7 Å². The Balaban J connectivity index is 2.12. The van der Waals surface area contributed by atoms with Gasteiger partial charge in [-0.2, -0.15) is 0 Å². The van der Waals surface area contributed by atoms with Gasteiger partial charge in [0.05, 0.1) is 19.6 Å². The summed E-state index contributed by atoms with van der Waals surface area (Å²) >= 11 is 0. The highest BCUT2D eigenvalue weighted by Crippen LogP contribution is 2.35. The van der Waals surface area contributed by atoms with Gasteiger partial charge in [-0.05, 0) is 44.0 Å². The molecule has 4 nitrogen and oxygen atoms in total. The van der Waals surface area contributed by atoms with Crippen molar-refractivity contribution in [3.8, 4) is 5.75 Å². The van der Waals surface area contributed by atoms with Crippen LogP contribution in [0.15, 0.2) is 24.3 Å². The van der Waals surface area contributed by atoms with E-state index in [2.05, 4.69) is 0 Å². The van der Waals surface area contributed by atoms with E-state index in [1.807, 2.05) is 0 Å². The van der Waals surface area contributed by atoms with Crippen LogP contribution >= 0.6 is 0 Å². The molecule has 0 saturated heterocycles. The fraction of sp³-hybridized carbons (Fsp3) is 0.500. The Hall–Kier alpha value is -1.84. The quantitative estimate of drug-likeness (QED) is 0.613. The molecule has 0 spiro atoms. The van der Waals surface area contributed by atoms with Crippen LogP contribution in [-0.4, -0.2) is 25.5 Å². The van der Waals surface area contributed by atoms with Gasteiger partial charge in [-0.3, -0.25) is 9.59 Å². The SMILES string of the molecule is CCOC(=O)[C@H]1CCC[C@H]1C(=O)c1ccc(OC)cc1. The molecule has 4 heteroatoms. The number of ketones is 1. The van der Waals surface area contributed by atoms with E-state index < -0.39 is 0 Å². The van der Waals surface area contributed by atoms with Gasteiger partial charge in [-0.1, -0.05) is 6.42 Å². The topological polar surface area (TPSA) is 52.6 Å². The lowest BCUT2D eigenvalue weighted by Crippen LogP contribution is -2.27. The maximum Gasteiger partial charge on any atom is 0.309 e. The zero-order valence-electron chi connectivity index (χ0n) is 11.9. The van der Waals surface area contributed by atoms with E-state index in [-0.39, 0.29) is 23.6 Å². The number of carbonyl (C=O) groups excluding carboxylic acids is 2. The van der Waals surface area contributed by atoms with Crippen LogP contribution in [0.1, 0.15) is 36.5 Å². The third kappa shape index (κ3) is 3.00. The molecule has 1 saturated carbocycles. The van der Waals surface area contributed by atoms with Gasteiger partial charge in [0.25, 0.3) is 0 Å². The van der Waals surface area contributed by atoms with Gasteiger partial charge in [-0.15, -0.1) is 0 Å². The first-order chi connectivity index (χ1) is 9.67. The van der Waals surface area contributed by atoms with E-state index in [4.69, 9.17) is 9.47 Å². The number of ether oxygens (including phenoxy) is 2. The van der Waals surface area contributed by atoms with Crippen molar-refractivity contribution in [3.63, 3.8) is 0 Å². The van der Waals surface area contributed by atoms with Crippen molar-refractivity contribution in [1.29, 1.82) is 0 Å². The molecule has 20 heavy (non-hydrogen) atoms. The average molecular weight is 276 g/mol. The van der Waals surface area contributed by atoms with Crippen molar-refractivity contribution < 1.29 is 19.1 Å². The fourth-order valence-electron chi connectivity index (χ4n) is 2.77. The second kappa shape index (κ2) is 6.55. The number of hydrogen-bond acceptors (Lipinski definition) is 4. The largest absolute Gasteiger partial charge is 0.497 e. The lowest BCUT2D eigenvalue weighted by molar-refractivity contribution is -0.148. The third-order valence-electron chi connectivity index (χ3n) is 3.82. The molecule has 1 aliphatic carbocycles.